The zero-order chi connectivity index (χ0) is 18.3. The quantitative estimate of drug-likeness (QED) is 0.530. The molecular weight excluding hydrogens is 480 g/mol. The second kappa shape index (κ2) is 6.98. The normalized spacial score (nSPS) is 14.2. The van der Waals surface area contributed by atoms with Crippen LogP contribution in [0.3, 0.4) is 0 Å². The molecule has 0 aliphatic carbocycles. The summed E-state index contributed by atoms with van der Waals surface area (Å²) < 4.78 is 3.24. The van der Waals surface area contributed by atoms with Gasteiger partial charge in [-0.2, -0.15) is 0 Å². The number of aromatic nitrogens is 1. The zero-order valence-electron chi connectivity index (χ0n) is 13.3. The highest BCUT2D eigenvalue weighted by Gasteiger charge is 2.17. The summed E-state index contributed by atoms with van der Waals surface area (Å²) in [6, 6.07) is 13.5. The van der Waals surface area contributed by atoms with Gasteiger partial charge in [-0.15, -0.1) is 0 Å². The second-order valence-corrected chi connectivity index (χ2v) is 8.52. The molecule has 130 valence electrons. The highest BCUT2D eigenvalue weighted by atomic mass is 79.9. The Morgan fingerprint density at radius 1 is 1.19 bits per heavy atom. The summed E-state index contributed by atoms with van der Waals surface area (Å²) in [4.78, 5) is 17.1. The number of hydrogen-bond acceptors (Lipinski definition) is 4. The van der Waals surface area contributed by atoms with E-state index >= 15 is 0 Å². The van der Waals surface area contributed by atoms with Crippen molar-refractivity contribution >= 4 is 66.7 Å². The average Bonchev–Trinajstić information content (AvgIpc) is 3.13. The third-order valence-corrected chi connectivity index (χ3v) is 6.26. The number of thiazole rings is 1. The minimum absolute atomic E-state index is 0.0277. The molecule has 0 spiro atoms. The average molecular weight is 492 g/mol. The Balaban J connectivity index is 1.73. The van der Waals surface area contributed by atoms with Crippen LogP contribution >= 0.6 is 43.2 Å². The maximum absolute atomic E-state index is 12.4. The summed E-state index contributed by atoms with van der Waals surface area (Å²) in [7, 11) is 0. The van der Waals surface area contributed by atoms with E-state index in [1.54, 1.807) is 12.3 Å². The van der Waals surface area contributed by atoms with Crippen molar-refractivity contribution in [3.8, 4) is 5.88 Å². The Kier molecular flexibility index (Phi) is 4.69. The monoisotopic (exact) mass is 490 g/mol. The van der Waals surface area contributed by atoms with Crippen molar-refractivity contribution in [1.82, 2.24) is 4.57 Å². The highest BCUT2D eigenvalue weighted by Crippen LogP contribution is 2.36. The first-order valence-electron chi connectivity index (χ1n) is 7.74. The number of rotatable bonds is 3. The molecule has 1 aliphatic heterocycles. The summed E-state index contributed by atoms with van der Waals surface area (Å²) in [6.07, 6.45) is 3.55. The van der Waals surface area contributed by atoms with Gasteiger partial charge in [0, 0.05) is 26.3 Å². The van der Waals surface area contributed by atoms with E-state index in [0.29, 0.717) is 11.4 Å². The first-order chi connectivity index (χ1) is 12.5. The Labute approximate surface area is 170 Å². The molecule has 0 saturated heterocycles. The maximum atomic E-state index is 12.4. The molecule has 0 radical (unpaired) electrons. The molecule has 0 bridgehead atoms. The molecule has 3 aromatic rings. The second-order valence-electron chi connectivity index (χ2n) is 5.75. The number of aliphatic imine (C=N–C) groups is 1. The molecule has 0 atom stereocenters. The van der Waals surface area contributed by atoms with Gasteiger partial charge in [-0.25, -0.2) is 0 Å². The smallest absolute Gasteiger partial charge is 0.310 e. The zero-order valence-corrected chi connectivity index (χ0v) is 17.3. The third-order valence-electron chi connectivity index (χ3n) is 4.08. The fourth-order valence-electron chi connectivity index (χ4n) is 2.76. The lowest BCUT2D eigenvalue weighted by molar-refractivity contribution is 0.420. The van der Waals surface area contributed by atoms with Crippen molar-refractivity contribution in [2.24, 2.45) is 4.99 Å². The van der Waals surface area contributed by atoms with Gasteiger partial charge < -0.3 is 5.11 Å². The van der Waals surface area contributed by atoms with Gasteiger partial charge in [0.2, 0.25) is 5.88 Å². The van der Waals surface area contributed by atoms with E-state index in [1.807, 2.05) is 42.5 Å². The summed E-state index contributed by atoms with van der Waals surface area (Å²) in [5.41, 5.74) is 3.64. The van der Waals surface area contributed by atoms with Crippen molar-refractivity contribution in [2.75, 3.05) is 0 Å². The van der Waals surface area contributed by atoms with Gasteiger partial charge in [-0.05, 0) is 35.9 Å². The van der Waals surface area contributed by atoms with E-state index in [9.17, 15) is 9.90 Å². The van der Waals surface area contributed by atoms with Crippen LogP contribution in [0.4, 0.5) is 5.69 Å². The van der Waals surface area contributed by atoms with Gasteiger partial charge in [0.05, 0.1) is 17.1 Å². The lowest BCUT2D eigenvalue weighted by Crippen LogP contribution is -2.13. The summed E-state index contributed by atoms with van der Waals surface area (Å²) in [5.74, 6) is -0.0277. The lowest BCUT2D eigenvalue weighted by atomic mass is 10.1. The van der Waals surface area contributed by atoms with Crippen LogP contribution in [0.15, 0.2) is 61.2 Å². The van der Waals surface area contributed by atoms with Crippen LogP contribution < -0.4 is 4.87 Å². The first-order valence-corrected chi connectivity index (χ1v) is 10.1. The van der Waals surface area contributed by atoms with Crippen LogP contribution in [0.25, 0.3) is 11.6 Å². The van der Waals surface area contributed by atoms with E-state index < -0.39 is 0 Å². The van der Waals surface area contributed by atoms with Crippen molar-refractivity contribution in [1.29, 1.82) is 0 Å². The molecule has 7 heteroatoms. The fraction of sp³-hybridized carbons (Fsp3) is 0.0526. The Hall–Kier alpha value is -1.96. The number of benzene rings is 2. The number of hydrogen-bond donors (Lipinski definition) is 1. The predicted molar refractivity (Wildman–Crippen MR) is 114 cm³/mol. The van der Waals surface area contributed by atoms with Gasteiger partial charge in [0.25, 0.3) is 0 Å². The molecule has 1 aliphatic rings. The summed E-state index contributed by atoms with van der Waals surface area (Å²) >= 11 is 7.97. The molecule has 0 saturated carbocycles. The van der Waals surface area contributed by atoms with Crippen LogP contribution in [-0.2, 0) is 6.54 Å². The molecule has 0 fully saturated rings. The minimum Gasteiger partial charge on any atom is -0.493 e. The topological polar surface area (TPSA) is 54.6 Å². The predicted octanol–water partition coefficient (Wildman–Crippen LogP) is 5.45. The Morgan fingerprint density at radius 2 is 2.00 bits per heavy atom. The van der Waals surface area contributed by atoms with Crippen LogP contribution in [0.2, 0.25) is 0 Å². The molecule has 26 heavy (non-hydrogen) atoms. The SMILES string of the molecule is O=c1sc(C=C2C=Nc3ccc(Br)cc32)c(O)n1Cc1ccccc1Br. The van der Waals surface area contributed by atoms with Crippen LogP contribution in [0, 0.1) is 0 Å². The standard InChI is InChI=1S/C19H12Br2N2O2S/c20-13-5-6-16-14(8-13)12(9-22-16)7-17-18(24)23(19(25)26-17)10-11-3-1-2-4-15(11)21/h1-9,24H,10H2. The van der Waals surface area contributed by atoms with Gasteiger partial charge in [0.1, 0.15) is 0 Å². The highest BCUT2D eigenvalue weighted by molar-refractivity contribution is 9.10. The molecule has 4 rings (SSSR count). The van der Waals surface area contributed by atoms with E-state index in [1.165, 1.54) is 4.57 Å². The van der Waals surface area contributed by atoms with Crippen LogP contribution in [-0.4, -0.2) is 15.9 Å². The maximum Gasteiger partial charge on any atom is 0.310 e. The minimum atomic E-state index is -0.200. The van der Waals surface area contributed by atoms with Crippen LogP contribution in [0.5, 0.6) is 5.88 Å². The van der Waals surface area contributed by atoms with Crippen molar-refractivity contribution in [3.05, 3.63) is 77.1 Å². The van der Waals surface area contributed by atoms with E-state index in [2.05, 4.69) is 36.9 Å². The van der Waals surface area contributed by atoms with Gasteiger partial charge >= 0.3 is 4.87 Å². The van der Waals surface area contributed by atoms with Crippen molar-refractivity contribution in [3.63, 3.8) is 0 Å². The molecule has 2 heterocycles. The molecule has 0 amide bonds. The molecule has 2 aromatic carbocycles. The van der Waals surface area contributed by atoms with Gasteiger partial charge in [0.15, 0.2) is 0 Å². The third kappa shape index (κ3) is 3.22. The Bertz CT molecular complexity index is 1130. The molecule has 1 N–H and O–H groups in total. The largest absolute Gasteiger partial charge is 0.493 e. The molecule has 0 unspecified atom stereocenters. The Morgan fingerprint density at radius 3 is 2.81 bits per heavy atom. The van der Waals surface area contributed by atoms with E-state index in [4.69, 9.17) is 0 Å². The van der Waals surface area contributed by atoms with Crippen molar-refractivity contribution < 1.29 is 5.11 Å². The number of nitrogens with zero attached hydrogens (tertiary/aromatic N) is 2. The summed E-state index contributed by atoms with van der Waals surface area (Å²) in [6.45, 7) is 0.308. The number of allylic oxidation sites excluding steroid dienone is 1. The molecule has 4 nitrogen and oxygen atoms in total. The molecular formula is C19H12Br2N2O2S. The van der Waals surface area contributed by atoms with Crippen LogP contribution in [0.1, 0.15) is 16.0 Å². The number of aromatic hydroxyl groups is 1. The summed E-state index contributed by atoms with van der Waals surface area (Å²) in [5, 5.41) is 10.6. The number of halogens is 2. The first kappa shape index (κ1) is 17.5. The van der Waals surface area contributed by atoms with Crippen molar-refractivity contribution in [2.45, 2.75) is 6.54 Å². The van der Waals surface area contributed by atoms with E-state index in [0.717, 1.165) is 42.7 Å². The molecule has 1 aromatic heterocycles. The lowest BCUT2D eigenvalue weighted by Gasteiger charge is -2.06. The van der Waals surface area contributed by atoms with Gasteiger partial charge in [-0.3, -0.25) is 14.4 Å². The van der Waals surface area contributed by atoms with E-state index in [-0.39, 0.29) is 10.8 Å². The van der Waals surface area contributed by atoms with Gasteiger partial charge in [-0.1, -0.05) is 61.4 Å². The fourth-order valence-corrected chi connectivity index (χ4v) is 4.37. The number of fused-ring (bicyclic) bond motifs is 1.